The van der Waals surface area contributed by atoms with Gasteiger partial charge < -0.3 is 14.9 Å². The third-order valence-electron chi connectivity index (χ3n) is 2.85. The summed E-state index contributed by atoms with van der Waals surface area (Å²) in [5, 5.41) is 18.2. The van der Waals surface area contributed by atoms with Gasteiger partial charge in [0, 0.05) is 6.54 Å². The molecule has 94 valence electrons. The van der Waals surface area contributed by atoms with Crippen molar-refractivity contribution in [3.63, 3.8) is 0 Å². The van der Waals surface area contributed by atoms with Crippen LogP contribution < -0.4 is 5.46 Å². The minimum Gasteiger partial charge on any atom is -0.423 e. The van der Waals surface area contributed by atoms with Crippen LogP contribution in [0.15, 0.2) is 24.3 Å². The van der Waals surface area contributed by atoms with E-state index in [9.17, 15) is 0 Å². The Morgan fingerprint density at radius 2 is 2.00 bits per heavy atom. The lowest BCUT2D eigenvalue weighted by molar-refractivity contribution is 0.318. The average Bonchev–Trinajstić information content (AvgIpc) is 2.29. The lowest BCUT2D eigenvalue weighted by Gasteiger charge is -2.16. The Bertz CT molecular complexity index is 331. The monoisotopic (exact) mass is 235 g/mol. The van der Waals surface area contributed by atoms with Gasteiger partial charge in [-0.25, -0.2) is 0 Å². The van der Waals surface area contributed by atoms with Crippen LogP contribution in [-0.2, 0) is 6.54 Å². The van der Waals surface area contributed by atoms with Crippen molar-refractivity contribution < 1.29 is 10.0 Å². The molecule has 0 heterocycles. The third kappa shape index (κ3) is 5.35. The van der Waals surface area contributed by atoms with Crippen molar-refractivity contribution in [3.05, 3.63) is 29.8 Å². The summed E-state index contributed by atoms with van der Waals surface area (Å²) < 4.78 is 0. The summed E-state index contributed by atoms with van der Waals surface area (Å²) >= 11 is 0. The first-order chi connectivity index (χ1) is 8.13. The molecule has 0 aliphatic rings. The molecule has 2 N–H and O–H groups in total. The highest BCUT2D eigenvalue weighted by Gasteiger charge is 2.11. The Kier molecular flexibility index (Phi) is 6.26. The van der Waals surface area contributed by atoms with Gasteiger partial charge in [0.25, 0.3) is 0 Å². The zero-order chi connectivity index (χ0) is 12.7. The molecule has 17 heavy (non-hydrogen) atoms. The van der Waals surface area contributed by atoms with Crippen LogP contribution >= 0.6 is 0 Å². The molecule has 3 nitrogen and oxygen atoms in total. The van der Waals surface area contributed by atoms with Crippen molar-refractivity contribution >= 4 is 12.6 Å². The highest BCUT2D eigenvalue weighted by Crippen LogP contribution is 2.04. The molecule has 4 heteroatoms. The van der Waals surface area contributed by atoms with E-state index >= 15 is 0 Å². The molecule has 0 atom stereocenters. The topological polar surface area (TPSA) is 43.7 Å². The second-order valence-electron chi connectivity index (χ2n) is 4.56. The smallest absolute Gasteiger partial charge is 0.423 e. The quantitative estimate of drug-likeness (QED) is 0.547. The van der Waals surface area contributed by atoms with E-state index in [1.807, 2.05) is 18.2 Å². The summed E-state index contributed by atoms with van der Waals surface area (Å²) in [6, 6.07) is 7.46. The number of benzene rings is 1. The molecule has 0 radical (unpaired) electrons. The summed E-state index contributed by atoms with van der Waals surface area (Å²) in [6.45, 7) is 4.14. The van der Waals surface area contributed by atoms with Gasteiger partial charge in [0.15, 0.2) is 0 Å². The standard InChI is InChI=1S/C13H22BNO2/c1-3-4-5-9-15(2)11-12-7-6-8-13(10-12)14(16)17/h6-8,10,16-17H,3-5,9,11H2,1-2H3. The van der Waals surface area contributed by atoms with Gasteiger partial charge in [-0.1, -0.05) is 44.0 Å². The van der Waals surface area contributed by atoms with Gasteiger partial charge in [-0.05, 0) is 31.0 Å². The average molecular weight is 235 g/mol. The molecule has 0 fully saturated rings. The predicted molar refractivity (Wildman–Crippen MR) is 72.1 cm³/mol. The van der Waals surface area contributed by atoms with E-state index in [0.29, 0.717) is 5.46 Å². The second-order valence-corrected chi connectivity index (χ2v) is 4.56. The second kappa shape index (κ2) is 7.48. The molecule has 0 saturated carbocycles. The lowest BCUT2D eigenvalue weighted by atomic mass is 9.79. The Balaban J connectivity index is 2.47. The minimum absolute atomic E-state index is 0.560. The maximum atomic E-state index is 9.10. The first-order valence-electron chi connectivity index (χ1n) is 6.27. The first-order valence-corrected chi connectivity index (χ1v) is 6.27. The van der Waals surface area contributed by atoms with Gasteiger partial charge >= 0.3 is 7.12 Å². The van der Waals surface area contributed by atoms with Crippen LogP contribution in [0.25, 0.3) is 0 Å². The first kappa shape index (κ1) is 14.2. The molecule has 0 aliphatic heterocycles. The molecule has 0 bridgehead atoms. The summed E-state index contributed by atoms with van der Waals surface area (Å²) in [7, 11) is 0.720. The van der Waals surface area contributed by atoms with Gasteiger partial charge in [-0.15, -0.1) is 0 Å². The van der Waals surface area contributed by atoms with E-state index in [2.05, 4.69) is 18.9 Å². The zero-order valence-electron chi connectivity index (χ0n) is 10.8. The summed E-state index contributed by atoms with van der Waals surface area (Å²) in [5.74, 6) is 0. The molecular weight excluding hydrogens is 213 g/mol. The number of rotatable bonds is 7. The van der Waals surface area contributed by atoms with E-state index in [1.54, 1.807) is 6.07 Å². The van der Waals surface area contributed by atoms with Gasteiger partial charge in [-0.3, -0.25) is 0 Å². The van der Waals surface area contributed by atoms with Crippen molar-refractivity contribution in [2.24, 2.45) is 0 Å². The third-order valence-corrected chi connectivity index (χ3v) is 2.85. The van der Waals surface area contributed by atoms with E-state index in [0.717, 1.165) is 18.7 Å². The van der Waals surface area contributed by atoms with Crippen LogP contribution in [0.1, 0.15) is 31.7 Å². The Morgan fingerprint density at radius 3 is 2.65 bits per heavy atom. The maximum Gasteiger partial charge on any atom is 0.488 e. The van der Waals surface area contributed by atoms with Gasteiger partial charge in [0.2, 0.25) is 0 Å². The van der Waals surface area contributed by atoms with Gasteiger partial charge in [-0.2, -0.15) is 0 Å². The highest BCUT2D eigenvalue weighted by molar-refractivity contribution is 6.58. The fourth-order valence-electron chi connectivity index (χ4n) is 1.87. The fourth-order valence-corrected chi connectivity index (χ4v) is 1.87. The molecule has 1 aromatic rings. The van der Waals surface area contributed by atoms with Crippen LogP contribution in [-0.4, -0.2) is 35.7 Å². The normalized spacial score (nSPS) is 10.9. The molecular formula is C13H22BNO2. The molecule has 0 amide bonds. The molecule has 0 saturated heterocycles. The van der Waals surface area contributed by atoms with Crippen molar-refractivity contribution in [2.75, 3.05) is 13.6 Å². The van der Waals surface area contributed by atoms with Gasteiger partial charge in [0.1, 0.15) is 0 Å². The largest absolute Gasteiger partial charge is 0.488 e. The van der Waals surface area contributed by atoms with E-state index < -0.39 is 7.12 Å². The summed E-state index contributed by atoms with van der Waals surface area (Å²) in [4.78, 5) is 2.26. The fraction of sp³-hybridized carbons (Fsp3) is 0.538. The molecule has 0 spiro atoms. The van der Waals surface area contributed by atoms with Crippen molar-refractivity contribution in [1.82, 2.24) is 4.90 Å². The van der Waals surface area contributed by atoms with E-state index in [4.69, 9.17) is 10.0 Å². The maximum absolute atomic E-state index is 9.10. The van der Waals surface area contributed by atoms with Crippen LogP contribution in [0.2, 0.25) is 0 Å². The van der Waals surface area contributed by atoms with Crippen LogP contribution in [0.3, 0.4) is 0 Å². The van der Waals surface area contributed by atoms with Crippen molar-refractivity contribution in [2.45, 2.75) is 32.7 Å². The number of hydrogen-bond acceptors (Lipinski definition) is 3. The van der Waals surface area contributed by atoms with E-state index in [-0.39, 0.29) is 0 Å². The number of nitrogens with zero attached hydrogens (tertiary/aromatic N) is 1. The summed E-state index contributed by atoms with van der Waals surface area (Å²) in [6.07, 6.45) is 3.72. The SMILES string of the molecule is CCCCCN(C)Cc1cccc(B(O)O)c1. The number of hydrogen-bond donors (Lipinski definition) is 2. The molecule has 0 unspecified atom stereocenters. The van der Waals surface area contributed by atoms with E-state index in [1.165, 1.54) is 19.3 Å². The number of unbranched alkanes of at least 4 members (excludes halogenated alkanes) is 2. The van der Waals surface area contributed by atoms with Gasteiger partial charge in [0.05, 0.1) is 0 Å². The zero-order valence-corrected chi connectivity index (χ0v) is 10.8. The molecule has 1 rings (SSSR count). The summed E-state index contributed by atoms with van der Waals surface area (Å²) in [5.41, 5.74) is 1.68. The van der Waals surface area contributed by atoms with Crippen molar-refractivity contribution in [1.29, 1.82) is 0 Å². The van der Waals surface area contributed by atoms with Crippen LogP contribution in [0.4, 0.5) is 0 Å². The Labute approximate surface area is 104 Å². The van der Waals surface area contributed by atoms with Crippen molar-refractivity contribution in [3.8, 4) is 0 Å². The van der Waals surface area contributed by atoms with Crippen LogP contribution in [0, 0.1) is 0 Å². The molecule has 0 aromatic heterocycles. The minimum atomic E-state index is -1.37. The Morgan fingerprint density at radius 1 is 1.24 bits per heavy atom. The highest BCUT2D eigenvalue weighted by atomic mass is 16.4. The van der Waals surface area contributed by atoms with Crippen LogP contribution in [0.5, 0.6) is 0 Å². The molecule has 0 aliphatic carbocycles. The molecule has 1 aromatic carbocycles. The Hall–Kier alpha value is -0.835. The predicted octanol–water partition coefficient (Wildman–Crippen LogP) is 0.988. The lowest BCUT2D eigenvalue weighted by Crippen LogP contribution is -2.30.